The molecule has 1 aliphatic rings. The van der Waals surface area contributed by atoms with Crippen molar-refractivity contribution in [2.75, 3.05) is 19.7 Å². The Morgan fingerprint density at radius 2 is 2.33 bits per heavy atom. The first-order chi connectivity index (χ1) is 9.99. The van der Waals surface area contributed by atoms with Crippen LogP contribution in [-0.4, -0.2) is 50.9 Å². The van der Waals surface area contributed by atoms with Crippen LogP contribution in [0.4, 0.5) is 0 Å². The lowest BCUT2D eigenvalue weighted by Crippen LogP contribution is -2.52. The van der Waals surface area contributed by atoms with Gasteiger partial charge in [0.1, 0.15) is 5.82 Å². The zero-order valence-corrected chi connectivity index (χ0v) is 12.8. The summed E-state index contributed by atoms with van der Waals surface area (Å²) < 4.78 is 0. The third-order valence-electron chi connectivity index (χ3n) is 4.43. The Morgan fingerprint density at radius 3 is 2.90 bits per heavy atom. The Kier molecular flexibility index (Phi) is 5.13. The van der Waals surface area contributed by atoms with E-state index >= 15 is 0 Å². The molecule has 118 valence electrons. The van der Waals surface area contributed by atoms with E-state index in [-0.39, 0.29) is 17.6 Å². The van der Waals surface area contributed by atoms with Crippen LogP contribution in [0.25, 0.3) is 0 Å². The van der Waals surface area contributed by atoms with Crippen LogP contribution in [0.15, 0.2) is 10.9 Å². The maximum absolute atomic E-state index is 11.5. The van der Waals surface area contributed by atoms with E-state index in [2.05, 4.69) is 21.8 Å². The lowest BCUT2D eigenvalue weighted by Gasteiger charge is -2.44. The van der Waals surface area contributed by atoms with E-state index in [0.717, 1.165) is 31.5 Å². The molecule has 1 aromatic rings. The molecule has 0 saturated carbocycles. The van der Waals surface area contributed by atoms with Gasteiger partial charge in [-0.3, -0.25) is 9.69 Å². The first-order valence-corrected chi connectivity index (χ1v) is 7.57. The maximum Gasteiger partial charge on any atom is 0.251 e. The van der Waals surface area contributed by atoms with Crippen molar-refractivity contribution in [3.05, 3.63) is 27.9 Å². The second kappa shape index (κ2) is 6.68. The van der Waals surface area contributed by atoms with Crippen molar-refractivity contribution >= 4 is 0 Å². The molecule has 2 atom stereocenters. The number of aliphatic hydroxyl groups excluding tert-OH is 2. The van der Waals surface area contributed by atoms with Crippen LogP contribution in [0.3, 0.4) is 0 Å². The van der Waals surface area contributed by atoms with Crippen LogP contribution >= 0.6 is 0 Å². The average molecular weight is 295 g/mol. The summed E-state index contributed by atoms with van der Waals surface area (Å²) in [5.74, 6) is 0.603. The fourth-order valence-electron chi connectivity index (χ4n) is 3.22. The number of aliphatic hydroxyl groups is 2. The molecule has 0 aromatic carbocycles. The van der Waals surface area contributed by atoms with Crippen molar-refractivity contribution in [2.45, 2.75) is 45.8 Å². The van der Waals surface area contributed by atoms with Crippen molar-refractivity contribution in [3.63, 3.8) is 0 Å². The van der Waals surface area contributed by atoms with Crippen LogP contribution in [0.1, 0.15) is 37.7 Å². The predicted octanol–water partition coefficient (Wildman–Crippen LogP) is 0.424. The molecule has 6 heteroatoms. The Balaban J connectivity index is 2.03. The molecule has 2 heterocycles. The van der Waals surface area contributed by atoms with Gasteiger partial charge in [-0.15, -0.1) is 0 Å². The Labute approximate surface area is 124 Å². The summed E-state index contributed by atoms with van der Waals surface area (Å²) in [6.07, 6.45) is 2.01. The lowest BCUT2D eigenvalue weighted by atomic mass is 9.73. The average Bonchev–Trinajstić information content (AvgIpc) is 2.41. The molecule has 3 N–H and O–H groups in total. The topological polar surface area (TPSA) is 89.5 Å². The molecule has 0 radical (unpaired) electrons. The van der Waals surface area contributed by atoms with Crippen molar-refractivity contribution in [1.29, 1.82) is 0 Å². The first-order valence-electron chi connectivity index (χ1n) is 7.57. The molecule has 0 spiro atoms. The minimum atomic E-state index is -0.542. The standard InChI is InChI=1S/C15H25N3O3/c1-3-4-15(10-19)5-6-18(9-13(15)20)8-12-7-14(21)17-11(2)16-12/h7,13,19-20H,3-6,8-10H2,1-2H3,(H,16,17,21)/t13-,15-/m1/s1. The number of aromatic nitrogens is 2. The number of H-pyrrole nitrogens is 1. The summed E-state index contributed by atoms with van der Waals surface area (Å²) in [7, 11) is 0. The molecular formula is C15H25N3O3. The number of piperidine rings is 1. The summed E-state index contributed by atoms with van der Waals surface area (Å²) in [4.78, 5) is 20.5. The summed E-state index contributed by atoms with van der Waals surface area (Å²) in [5, 5.41) is 20.1. The molecule has 1 fully saturated rings. The molecule has 0 amide bonds. The molecular weight excluding hydrogens is 270 g/mol. The Bertz CT molecular complexity index is 531. The van der Waals surface area contributed by atoms with Gasteiger partial charge < -0.3 is 15.2 Å². The minimum Gasteiger partial charge on any atom is -0.396 e. The highest BCUT2D eigenvalue weighted by Gasteiger charge is 2.41. The maximum atomic E-state index is 11.5. The van der Waals surface area contributed by atoms with Crippen LogP contribution in [-0.2, 0) is 6.54 Å². The van der Waals surface area contributed by atoms with Gasteiger partial charge in [0.15, 0.2) is 0 Å². The summed E-state index contributed by atoms with van der Waals surface area (Å²) in [6, 6.07) is 1.50. The summed E-state index contributed by atoms with van der Waals surface area (Å²) in [6.45, 7) is 5.71. The van der Waals surface area contributed by atoms with Crippen LogP contribution in [0.2, 0.25) is 0 Å². The molecule has 6 nitrogen and oxygen atoms in total. The molecule has 0 bridgehead atoms. The largest absolute Gasteiger partial charge is 0.396 e. The Morgan fingerprint density at radius 1 is 1.57 bits per heavy atom. The predicted molar refractivity (Wildman–Crippen MR) is 79.9 cm³/mol. The van der Waals surface area contributed by atoms with Crippen LogP contribution in [0, 0.1) is 12.3 Å². The highest BCUT2D eigenvalue weighted by atomic mass is 16.3. The van der Waals surface area contributed by atoms with E-state index in [1.807, 2.05) is 0 Å². The molecule has 0 unspecified atom stereocenters. The number of β-amino-alcohol motifs (C(OH)–C–C–N with tert-alkyl or cyclic N) is 1. The van der Waals surface area contributed by atoms with Crippen molar-refractivity contribution in [1.82, 2.24) is 14.9 Å². The van der Waals surface area contributed by atoms with Crippen molar-refractivity contribution in [2.24, 2.45) is 5.41 Å². The van der Waals surface area contributed by atoms with Gasteiger partial charge >= 0.3 is 0 Å². The number of nitrogens with zero attached hydrogens (tertiary/aromatic N) is 2. The van der Waals surface area contributed by atoms with Crippen molar-refractivity contribution < 1.29 is 10.2 Å². The number of hydrogen-bond donors (Lipinski definition) is 3. The van der Waals surface area contributed by atoms with Gasteiger partial charge in [-0.2, -0.15) is 0 Å². The summed E-state index contributed by atoms with van der Waals surface area (Å²) >= 11 is 0. The van der Waals surface area contributed by atoms with Gasteiger partial charge in [0.2, 0.25) is 0 Å². The smallest absolute Gasteiger partial charge is 0.251 e. The lowest BCUT2D eigenvalue weighted by molar-refractivity contribution is -0.0804. The highest BCUT2D eigenvalue weighted by Crippen LogP contribution is 2.36. The van der Waals surface area contributed by atoms with E-state index in [9.17, 15) is 15.0 Å². The van der Waals surface area contributed by atoms with Gasteiger partial charge in [0, 0.05) is 24.6 Å². The molecule has 1 aliphatic heterocycles. The van der Waals surface area contributed by atoms with E-state index in [1.165, 1.54) is 6.07 Å². The number of hydrogen-bond acceptors (Lipinski definition) is 5. The first kappa shape index (κ1) is 16.1. The third kappa shape index (κ3) is 3.70. The van der Waals surface area contributed by atoms with E-state index < -0.39 is 6.10 Å². The number of likely N-dealkylation sites (tertiary alicyclic amines) is 1. The monoisotopic (exact) mass is 295 g/mol. The second-order valence-corrected chi connectivity index (χ2v) is 6.09. The number of rotatable bonds is 5. The second-order valence-electron chi connectivity index (χ2n) is 6.09. The molecule has 2 rings (SSSR count). The highest BCUT2D eigenvalue weighted by molar-refractivity contribution is 5.03. The van der Waals surface area contributed by atoms with Gasteiger partial charge in [0.25, 0.3) is 5.56 Å². The van der Waals surface area contributed by atoms with Crippen LogP contribution < -0.4 is 5.56 Å². The number of aromatic amines is 1. The fraction of sp³-hybridized carbons (Fsp3) is 0.733. The third-order valence-corrected chi connectivity index (χ3v) is 4.43. The van der Waals surface area contributed by atoms with E-state index in [4.69, 9.17) is 0 Å². The van der Waals surface area contributed by atoms with Gasteiger partial charge in [-0.1, -0.05) is 13.3 Å². The Hall–Kier alpha value is -1.24. The van der Waals surface area contributed by atoms with Crippen LogP contribution in [0.5, 0.6) is 0 Å². The van der Waals surface area contributed by atoms with E-state index in [0.29, 0.717) is 18.9 Å². The summed E-state index contributed by atoms with van der Waals surface area (Å²) in [5.41, 5.74) is 0.198. The SMILES string of the molecule is CCC[C@]1(CO)CCN(Cc2cc(=O)[nH]c(C)n2)C[C@H]1O. The minimum absolute atomic E-state index is 0.0260. The molecule has 1 aromatic heterocycles. The zero-order valence-electron chi connectivity index (χ0n) is 12.8. The van der Waals surface area contributed by atoms with Gasteiger partial charge in [-0.05, 0) is 26.3 Å². The number of nitrogens with one attached hydrogen (secondary N) is 1. The van der Waals surface area contributed by atoms with Crippen molar-refractivity contribution in [3.8, 4) is 0 Å². The quantitative estimate of drug-likeness (QED) is 0.733. The van der Waals surface area contributed by atoms with E-state index in [1.54, 1.807) is 6.92 Å². The molecule has 21 heavy (non-hydrogen) atoms. The normalized spacial score (nSPS) is 27.0. The molecule has 1 saturated heterocycles. The number of aryl methyl sites for hydroxylation is 1. The van der Waals surface area contributed by atoms with Gasteiger partial charge in [0.05, 0.1) is 18.4 Å². The fourth-order valence-corrected chi connectivity index (χ4v) is 3.22. The molecule has 0 aliphatic carbocycles. The van der Waals surface area contributed by atoms with Gasteiger partial charge in [-0.25, -0.2) is 4.98 Å². The zero-order chi connectivity index (χ0) is 15.5.